The van der Waals surface area contributed by atoms with Crippen molar-refractivity contribution < 1.29 is 40.3 Å². The Labute approximate surface area is 267 Å². The van der Waals surface area contributed by atoms with E-state index in [1.165, 1.54) is 18.3 Å². The lowest BCUT2D eigenvalue weighted by atomic mass is 9.76. The van der Waals surface area contributed by atoms with Crippen LogP contribution in [0, 0.1) is 11.3 Å². The summed E-state index contributed by atoms with van der Waals surface area (Å²) in [5, 5.41) is 0.454. The topological polar surface area (TPSA) is 139 Å². The summed E-state index contributed by atoms with van der Waals surface area (Å²) in [7, 11) is -5.50. The number of fused-ring (bicyclic) bond motifs is 1. The lowest BCUT2D eigenvalue weighted by Gasteiger charge is -2.33. The molecule has 0 aliphatic carbocycles. The molecule has 0 aliphatic rings. The van der Waals surface area contributed by atoms with E-state index in [1.807, 2.05) is 6.92 Å². The summed E-state index contributed by atoms with van der Waals surface area (Å²) in [4.78, 5) is 28.4. The Kier molecular flexibility index (Phi) is 12.0. The van der Waals surface area contributed by atoms with Crippen LogP contribution >= 0.6 is 0 Å². The number of alkyl halides is 3. The molecular formula is C33H43F3N2O7S. The highest BCUT2D eigenvalue weighted by molar-refractivity contribution is 7.92. The fourth-order valence-electron chi connectivity index (χ4n) is 4.96. The largest absolute Gasteiger partial charge is 0.501 e. The van der Waals surface area contributed by atoms with E-state index >= 15 is 0 Å². The van der Waals surface area contributed by atoms with Gasteiger partial charge in [-0.3, -0.25) is 4.79 Å². The number of ether oxygens (including phenoxy) is 2. The summed E-state index contributed by atoms with van der Waals surface area (Å²) < 4.78 is 78.2. The van der Waals surface area contributed by atoms with Gasteiger partial charge in [0, 0.05) is 17.6 Å². The number of unbranched alkanes of at least 4 members (excludes halogenated alkanes) is 5. The number of hydrogen-bond acceptors (Lipinski definition) is 9. The normalized spacial score (nSPS) is 14.5. The second-order valence-electron chi connectivity index (χ2n) is 13.0. The summed E-state index contributed by atoms with van der Waals surface area (Å²) >= 11 is 0. The predicted molar refractivity (Wildman–Crippen MR) is 169 cm³/mol. The van der Waals surface area contributed by atoms with Gasteiger partial charge in [-0.1, -0.05) is 65.5 Å². The van der Waals surface area contributed by atoms with Crippen LogP contribution in [0.3, 0.4) is 0 Å². The van der Waals surface area contributed by atoms with Crippen LogP contribution in [0.2, 0.25) is 0 Å². The molecular weight excluding hydrogens is 625 g/mol. The molecule has 0 radical (unpaired) electrons. The van der Waals surface area contributed by atoms with E-state index in [-0.39, 0.29) is 39.9 Å². The van der Waals surface area contributed by atoms with Gasteiger partial charge in [0.05, 0.1) is 23.7 Å². The Morgan fingerprint density at radius 3 is 2.13 bits per heavy atom. The van der Waals surface area contributed by atoms with Gasteiger partial charge in [0.25, 0.3) is 9.84 Å². The van der Waals surface area contributed by atoms with Crippen LogP contribution in [0.25, 0.3) is 22.1 Å². The lowest BCUT2D eigenvalue weighted by molar-refractivity contribution is -0.152. The van der Waals surface area contributed by atoms with Crippen molar-refractivity contribution in [3.8, 4) is 17.0 Å². The van der Waals surface area contributed by atoms with Gasteiger partial charge in [-0.2, -0.15) is 13.2 Å². The molecule has 254 valence electrons. The van der Waals surface area contributed by atoms with Crippen LogP contribution < -0.4 is 16.1 Å². The van der Waals surface area contributed by atoms with Gasteiger partial charge in [-0.05, 0) is 61.3 Å². The molecule has 0 spiro atoms. The first kappa shape index (κ1) is 37.0. The fraction of sp³-hybridized carbons (Fsp3) is 0.545. The number of nitrogens with two attached hydrogens (primary N) is 1. The third-order valence-electron chi connectivity index (χ3n) is 7.78. The van der Waals surface area contributed by atoms with Crippen LogP contribution in [0.5, 0.6) is 5.88 Å². The summed E-state index contributed by atoms with van der Waals surface area (Å²) in [5.41, 5.74) is -0.381. The van der Waals surface area contributed by atoms with E-state index < -0.39 is 31.4 Å². The van der Waals surface area contributed by atoms with Crippen LogP contribution in [-0.4, -0.2) is 43.6 Å². The summed E-state index contributed by atoms with van der Waals surface area (Å²) in [6.45, 7) is 10.8. The number of aromatic nitrogens is 1. The monoisotopic (exact) mass is 668 g/mol. The molecule has 2 aromatic heterocycles. The first-order valence-corrected chi connectivity index (χ1v) is 16.8. The van der Waals surface area contributed by atoms with Crippen molar-refractivity contribution in [2.45, 2.75) is 95.5 Å². The minimum absolute atomic E-state index is 0.00172. The van der Waals surface area contributed by atoms with Gasteiger partial charge in [0.1, 0.15) is 11.1 Å². The Balaban J connectivity index is 1.40. The first-order chi connectivity index (χ1) is 21.3. The maximum Gasteiger partial charge on any atom is 0.501 e. The average molecular weight is 669 g/mol. The summed E-state index contributed by atoms with van der Waals surface area (Å²) in [5.74, 6) is -0.0886. The Bertz CT molecular complexity index is 1640. The van der Waals surface area contributed by atoms with Crippen molar-refractivity contribution in [1.29, 1.82) is 0 Å². The van der Waals surface area contributed by atoms with Crippen LogP contribution in [0.15, 0.2) is 56.7 Å². The Hall–Kier alpha value is -3.45. The molecule has 9 nitrogen and oxygen atoms in total. The number of carbonyl (C=O) groups is 1. The molecule has 0 bridgehead atoms. The number of hydrogen-bond donors (Lipinski definition) is 1. The second kappa shape index (κ2) is 15.0. The van der Waals surface area contributed by atoms with Crippen molar-refractivity contribution in [2.75, 3.05) is 13.2 Å². The molecule has 0 saturated carbocycles. The quantitative estimate of drug-likeness (QED) is 0.132. The molecule has 2 heterocycles. The van der Waals surface area contributed by atoms with Gasteiger partial charge in [0.2, 0.25) is 5.88 Å². The average Bonchev–Trinajstić information content (AvgIpc) is 2.96. The molecule has 2 atom stereocenters. The van der Waals surface area contributed by atoms with E-state index in [0.717, 1.165) is 69.2 Å². The highest BCUT2D eigenvalue weighted by Gasteiger charge is 2.46. The van der Waals surface area contributed by atoms with Crippen molar-refractivity contribution in [3.05, 3.63) is 53.0 Å². The molecule has 46 heavy (non-hydrogen) atoms. The number of benzene rings is 1. The molecule has 13 heteroatoms. The van der Waals surface area contributed by atoms with Crippen molar-refractivity contribution in [1.82, 2.24) is 4.98 Å². The van der Waals surface area contributed by atoms with Gasteiger partial charge in [-0.25, -0.2) is 18.2 Å². The highest BCUT2D eigenvalue weighted by Crippen LogP contribution is 2.32. The third-order valence-corrected chi connectivity index (χ3v) is 9.28. The number of pyridine rings is 1. The van der Waals surface area contributed by atoms with Crippen molar-refractivity contribution in [3.63, 3.8) is 0 Å². The number of rotatable bonds is 15. The number of sulfone groups is 1. The molecule has 0 amide bonds. The highest BCUT2D eigenvalue weighted by atomic mass is 32.2. The smallest absolute Gasteiger partial charge is 0.478 e. The number of nitrogens with zero attached hydrogens (tertiary/aromatic N) is 1. The SMILES string of the molecule is CC(CC(C)(C)C)C(C)(N)C(=O)OCCCCCCCCOc1cc2oc(=O)c(-c3ccc(S(=O)(=O)C(F)(F)F)cc3)cc2cn1. The predicted octanol–water partition coefficient (Wildman–Crippen LogP) is 7.20. The number of carbonyl (C=O) groups excluding carboxylic acids is 1. The van der Waals surface area contributed by atoms with E-state index in [1.54, 1.807) is 6.92 Å². The van der Waals surface area contributed by atoms with E-state index in [9.17, 15) is 31.2 Å². The van der Waals surface area contributed by atoms with E-state index in [2.05, 4.69) is 25.8 Å². The fourth-order valence-corrected chi connectivity index (χ4v) is 5.72. The van der Waals surface area contributed by atoms with Gasteiger partial charge in [0.15, 0.2) is 0 Å². The third kappa shape index (κ3) is 9.78. The van der Waals surface area contributed by atoms with Crippen LogP contribution in [0.1, 0.15) is 79.6 Å². The zero-order valence-electron chi connectivity index (χ0n) is 26.9. The second-order valence-corrected chi connectivity index (χ2v) is 15.0. The van der Waals surface area contributed by atoms with E-state index in [0.29, 0.717) is 18.6 Å². The number of esters is 1. The molecule has 3 aromatic rings. The van der Waals surface area contributed by atoms with E-state index in [4.69, 9.17) is 19.6 Å². The molecule has 0 aliphatic heterocycles. The Morgan fingerprint density at radius 2 is 1.54 bits per heavy atom. The Morgan fingerprint density at radius 1 is 0.957 bits per heavy atom. The van der Waals surface area contributed by atoms with Gasteiger partial charge in [-0.15, -0.1) is 0 Å². The molecule has 2 N–H and O–H groups in total. The zero-order valence-corrected chi connectivity index (χ0v) is 27.7. The summed E-state index contributed by atoms with van der Waals surface area (Å²) in [6.07, 6.45) is 7.66. The molecule has 0 fully saturated rings. The minimum atomic E-state index is -5.50. The zero-order chi connectivity index (χ0) is 34.3. The van der Waals surface area contributed by atoms with Crippen molar-refractivity contribution in [2.24, 2.45) is 17.1 Å². The minimum Gasteiger partial charge on any atom is -0.478 e. The standard InChI is InChI=1S/C33H43F3N2O7S/c1-22(20-31(2,3)4)32(5,37)30(40)44-17-11-9-7-6-8-10-16-43-28-19-27-24(21-38-28)18-26(29(39)45-27)23-12-14-25(15-13-23)46(41,42)33(34,35)36/h12-15,18-19,21-22H,6-11,16-17,20,37H2,1-5H3. The molecule has 3 rings (SSSR count). The maximum absolute atomic E-state index is 12.8. The van der Waals surface area contributed by atoms with Gasteiger partial charge >= 0.3 is 17.1 Å². The van der Waals surface area contributed by atoms with Gasteiger partial charge < -0.3 is 19.6 Å². The van der Waals surface area contributed by atoms with Crippen LogP contribution in [-0.2, 0) is 19.4 Å². The molecule has 1 aromatic carbocycles. The molecule has 0 saturated heterocycles. The molecule has 2 unspecified atom stereocenters. The summed E-state index contributed by atoms with van der Waals surface area (Å²) in [6, 6.07) is 6.76. The maximum atomic E-state index is 12.8. The van der Waals surface area contributed by atoms with Crippen molar-refractivity contribution >= 4 is 26.8 Å². The lowest BCUT2D eigenvalue weighted by Crippen LogP contribution is -2.52. The first-order valence-electron chi connectivity index (χ1n) is 15.3. The number of halogens is 3. The van der Waals surface area contributed by atoms with Crippen LogP contribution in [0.4, 0.5) is 13.2 Å².